The van der Waals surface area contributed by atoms with E-state index in [1.807, 2.05) is 48.5 Å². The second-order valence-corrected chi connectivity index (χ2v) is 10.0. The molecule has 0 radical (unpaired) electrons. The number of carboxylic acid groups (broad SMARTS) is 3. The monoisotopic (exact) mass is 503 g/mol. The van der Waals surface area contributed by atoms with Gasteiger partial charge in [-0.1, -0.05) is 91.4 Å². The molecule has 8 nitrogen and oxygen atoms in total. The van der Waals surface area contributed by atoms with E-state index in [-0.39, 0.29) is 24.7 Å². The van der Waals surface area contributed by atoms with Gasteiger partial charge >= 0.3 is 17.9 Å². The van der Waals surface area contributed by atoms with Crippen molar-refractivity contribution in [2.24, 2.45) is 5.73 Å². The van der Waals surface area contributed by atoms with Crippen molar-refractivity contribution in [3.05, 3.63) is 70.8 Å². The van der Waals surface area contributed by atoms with Crippen molar-refractivity contribution in [3.63, 3.8) is 0 Å². The molecule has 2 aromatic carbocycles. The lowest BCUT2D eigenvalue weighted by molar-refractivity contribution is -0.147. The van der Waals surface area contributed by atoms with Crippen LogP contribution in [0.2, 0.25) is 0 Å². The van der Waals surface area contributed by atoms with Gasteiger partial charge in [-0.3, -0.25) is 19.2 Å². The molecule has 36 heavy (non-hydrogen) atoms. The molecule has 0 saturated heterocycles. The molecule has 0 aliphatic carbocycles. The molecule has 0 fully saturated rings. The lowest BCUT2D eigenvalue weighted by Gasteiger charge is -2.21. The Morgan fingerprint density at radius 3 is 1.61 bits per heavy atom. The SMILES string of the molecule is C.CC(C)(C)c1cccc(C(N)CC(=O)O)c1.CC(C)(C)c1cccc(C=O)c1.O=C(O)CC(=O)O. The van der Waals surface area contributed by atoms with Crippen molar-refractivity contribution in [2.45, 2.75) is 78.7 Å². The third-order valence-electron chi connectivity index (χ3n) is 4.77. The van der Waals surface area contributed by atoms with Crippen molar-refractivity contribution in [2.75, 3.05) is 0 Å². The predicted octanol–water partition coefficient (Wildman–Crippen LogP) is 5.44. The summed E-state index contributed by atoms with van der Waals surface area (Å²) >= 11 is 0. The minimum Gasteiger partial charge on any atom is -0.481 e. The van der Waals surface area contributed by atoms with Crippen LogP contribution in [-0.4, -0.2) is 39.5 Å². The first-order valence-electron chi connectivity index (χ1n) is 11.0. The molecule has 0 bridgehead atoms. The zero-order valence-corrected chi connectivity index (χ0v) is 21.2. The molecule has 2 aromatic rings. The number of rotatable bonds is 6. The summed E-state index contributed by atoms with van der Waals surface area (Å²) in [6, 6.07) is 15.1. The summed E-state index contributed by atoms with van der Waals surface area (Å²) < 4.78 is 0. The Balaban J connectivity index is 0. The molecule has 8 heteroatoms. The van der Waals surface area contributed by atoms with Crippen molar-refractivity contribution < 1.29 is 34.5 Å². The average molecular weight is 504 g/mol. The van der Waals surface area contributed by atoms with E-state index in [2.05, 4.69) is 41.5 Å². The lowest BCUT2D eigenvalue weighted by Crippen LogP contribution is -2.17. The summed E-state index contributed by atoms with van der Waals surface area (Å²) in [5, 5.41) is 24.1. The van der Waals surface area contributed by atoms with E-state index >= 15 is 0 Å². The second kappa shape index (κ2) is 15.5. The van der Waals surface area contributed by atoms with E-state index in [1.54, 1.807) is 0 Å². The fourth-order valence-corrected chi connectivity index (χ4v) is 2.75. The topological polar surface area (TPSA) is 155 Å². The van der Waals surface area contributed by atoms with Gasteiger partial charge in [0.25, 0.3) is 0 Å². The third kappa shape index (κ3) is 14.7. The molecule has 0 heterocycles. The maximum atomic E-state index is 10.6. The first-order valence-corrected chi connectivity index (χ1v) is 11.0. The summed E-state index contributed by atoms with van der Waals surface area (Å²) in [6.07, 6.45) is 0.0445. The Hall–Kier alpha value is -3.52. The molecule has 0 aliphatic heterocycles. The van der Waals surface area contributed by atoms with Crippen molar-refractivity contribution in [1.82, 2.24) is 0 Å². The minimum atomic E-state index is -1.31. The van der Waals surface area contributed by atoms with Gasteiger partial charge in [-0.05, 0) is 33.6 Å². The molecule has 1 unspecified atom stereocenters. The normalized spacial score (nSPS) is 11.3. The number of hydrogen-bond acceptors (Lipinski definition) is 5. The number of aldehydes is 1. The van der Waals surface area contributed by atoms with Crippen molar-refractivity contribution >= 4 is 24.2 Å². The molecule has 200 valence electrons. The summed E-state index contributed by atoms with van der Waals surface area (Å²) in [5.41, 5.74) is 10.0. The Morgan fingerprint density at radius 2 is 1.25 bits per heavy atom. The van der Waals surface area contributed by atoms with E-state index in [4.69, 9.17) is 21.1 Å². The van der Waals surface area contributed by atoms with Gasteiger partial charge in [0.1, 0.15) is 12.7 Å². The number of carbonyl (C=O) groups excluding carboxylic acids is 1. The average Bonchev–Trinajstić information content (AvgIpc) is 2.72. The molecule has 0 saturated carbocycles. The van der Waals surface area contributed by atoms with Crippen LogP contribution >= 0.6 is 0 Å². The number of benzene rings is 2. The van der Waals surface area contributed by atoms with E-state index in [1.165, 1.54) is 11.1 Å². The Labute approximate surface area is 214 Å². The molecule has 1 atom stereocenters. The maximum Gasteiger partial charge on any atom is 0.314 e. The highest BCUT2D eigenvalue weighted by atomic mass is 16.4. The van der Waals surface area contributed by atoms with Gasteiger partial charge in [0, 0.05) is 11.6 Å². The van der Waals surface area contributed by atoms with Crippen LogP contribution in [0.3, 0.4) is 0 Å². The fourth-order valence-electron chi connectivity index (χ4n) is 2.75. The number of hydrogen-bond donors (Lipinski definition) is 4. The number of aliphatic carboxylic acids is 3. The van der Waals surface area contributed by atoms with Gasteiger partial charge in [-0.2, -0.15) is 0 Å². The van der Waals surface area contributed by atoms with Crippen molar-refractivity contribution in [1.29, 1.82) is 0 Å². The first-order chi connectivity index (χ1) is 16.0. The smallest absolute Gasteiger partial charge is 0.314 e. The Morgan fingerprint density at radius 1 is 0.806 bits per heavy atom. The molecular formula is C28H41NO7. The number of carboxylic acids is 3. The quantitative estimate of drug-likeness (QED) is 0.300. The van der Waals surface area contributed by atoms with Crippen LogP contribution in [0.1, 0.15) is 94.9 Å². The molecule has 5 N–H and O–H groups in total. The van der Waals surface area contributed by atoms with Gasteiger partial charge in [0.15, 0.2) is 0 Å². The summed E-state index contributed by atoms with van der Waals surface area (Å²) in [4.78, 5) is 39.9. The zero-order valence-electron chi connectivity index (χ0n) is 21.2. The highest BCUT2D eigenvalue weighted by molar-refractivity contribution is 5.88. The lowest BCUT2D eigenvalue weighted by atomic mass is 9.85. The summed E-state index contributed by atoms with van der Waals surface area (Å²) in [5.74, 6) is -3.49. The highest BCUT2D eigenvalue weighted by Crippen LogP contribution is 2.25. The third-order valence-corrected chi connectivity index (χ3v) is 4.77. The van der Waals surface area contributed by atoms with Crippen LogP contribution in [0.15, 0.2) is 48.5 Å². The molecular weight excluding hydrogens is 462 g/mol. The number of nitrogens with two attached hydrogens (primary N) is 1. The van der Waals surface area contributed by atoms with E-state index in [0.717, 1.165) is 17.4 Å². The molecule has 0 amide bonds. The number of carbonyl (C=O) groups is 4. The summed E-state index contributed by atoms with van der Waals surface area (Å²) in [6.45, 7) is 12.8. The predicted molar refractivity (Wildman–Crippen MR) is 141 cm³/mol. The maximum absolute atomic E-state index is 10.6. The van der Waals surface area contributed by atoms with E-state index in [9.17, 15) is 19.2 Å². The minimum absolute atomic E-state index is 0. The van der Waals surface area contributed by atoms with Crippen LogP contribution in [0.25, 0.3) is 0 Å². The van der Waals surface area contributed by atoms with Gasteiger partial charge in [-0.25, -0.2) is 0 Å². The van der Waals surface area contributed by atoms with Crippen LogP contribution < -0.4 is 5.73 Å². The van der Waals surface area contributed by atoms with Crippen LogP contribution in [0.5, 0.6) is 0 Å². The first kappa shape index (κ1) is 34.6. The van der Waals surface area contributed by atoms with Gasteiger partial charge in [-0.15, -0.1) is 0 Å². The Bertz CT molecular complexity index is 989. The Kier molecular flexibility index (Phi) is 14.9. The van der Waals surface area contributed by atoms with Crippen LogP contribution in [-0.2, 0) is 25.2 Å². The van der Waals surface area contributed by atoms with Gasteiger partial charge in [0.05, 0.1) is 6.42 Å². The zero-order chi connectivity index (χ0) is 27.4. The fraction of sp³-hybridized carbons (Fsp3) is 0.429. The van der Waals surface area contributed by atoms with E-state index in [0.29, 0.717) is 0 Å². The second-order valence-electron chi connectivity index (χ2n) is 10.0. The molecule has 0 spiro atoms. The largest absolute Gasteiger partial charge is 0.481 e. The van der Waals surface area contributed by atoms with Crippen LogP contribution in [0, 0.1) is 0 Å². The molecule has 2 rings (SSSR count). The molecule has 0 aromatic heterocycles. The highest BCUT2D eigenvalue weighted by Gasteiger charge is 2.16. The van der Waals surface area contributed by atoms with Gasteiger partial charge in [0.2, 0.25) is 0 Å². The van der Waals surface area contributed by atoms with E-state index < -0.39 is 30.4 Å². The summed E-state index contributed by atoms with van der Waals surface area (Å²) in [7, 11) is 0. The van der Waals surface area contributed by atoms with Gasteiger partial charge < -0.3 is 21.1 Å². The molecule has 0 aliphatic rings. The van der Waals surface area contributed by atoms with Crippen molar-refractivity contribution in [3.8, 4) is 0 Å². The van der Waals surface area contributed by atoms with Crippen LogP contribution in [0.4, 0.5) is 0 Å². The standard InChI is InChI=1S/C13H19NO2.C11H14O.C3H4O4.CH4/c1-13(2,3)10-6-4-5-9(7-10)11(14)8-12(15)16;1-11(2,3)10-6-4-5-9(7-10)8-12;4-2(5)1-3(6)7;/h4-7,11H,8,14H2,1-3H3,(H,15,16);4-8H,1-3H3;1H2,(H,4,5)(H,6,7);1H4.